The van der Waals surface area contributed by atoms with Gasteiger partial charge in [0.2, 0.25) is 0 Å². The number of carbonyl (C=O) groups excluding carboxylic acids is 1. The largest absolute Gasteiger partial charge is 0.459 e. The third kappa shape index (κ3) is 5.97. The van der Waals surface area contributed by atoms with E-state index >= 15 is 0 Å². The van der Waals surface area contributed by atoms with Gasteiger partial charge in [-0.3, -0.25) is 9.10 Å². The summed E-state index contributed by atoms with van der Waals surface area (Å²) in [6.07, 6.45) is 5.01. The lowest BCUT2D eigenvalue weighted by atomic mass is 10.2. The molecule has 40 heavy (non-hydrogen) atoms. The van der Waals surface area contributed by atoms with Gasteiger partial charge in [-0.15, -0.1) is 11.3 Å². The number of fused-ring (bicyclic) bond motifs is 1. The number of ether oxygens (including phenoxy) is 1. The minimum absolute atomic E-state index is 0.151. The smallest absolute Gasteiger partial charge is 0.327 e. The van der Waals surface area contributed by atoms with Crippen molar-refractivity contribution >= 4 is 67.1 Å². The third-order valence-corrected chi connectivity index (χ3v) is 8.61. The van der Waals surface area contributed by atoms with Gasteiger partial charge in [0.1, 0.15) is 35.0 Å². The first-order chi connectivity index (χ1) is 18.9. The zero-order chi connectivity index (χ0) is 28.7. The van der Waals surface area contributed by atoms with Gasteiger partial charge in [-0.25, -0.2) is 23.4 Å². The summed E-state index contributed by atoms with van der Waals surface area (Å²) in [7, 11) is -4.26. The van der Waals surface area contributed by atoms with Crippen LogP contribution < -0.4 is 4.31 Å². The van der Waals surface area contributed by atoms with Crippen LogP contribution in [0.3, 0.4) is 0 Å². The second-order valence-corrected chi connectivity index (χ2v) is 13.4. The Morgan fingerprint density at radius 3 is 2.45 bits per heavy atom. The van der Waals surface area contributed by atoms with Crippen molar-refractivity contribution in [2.24, 2.45) is 0 Å². The Hall–Kier alpha value is -3.51. The second kappa shape index (κ2) is 10.8. The molecule has 0 aliphatic heterocycles. The molecular formula is C27H23Cl2N5O4S2. The molecule has 0 N–H and O–H groups in total. The number of anilines is 1. The van der Waals surface area contributed by atoms with Crippen LogP contribution >= 0.6 is 34.5 Å². The highest BCUT2D eigenvalue weighted by Gasteiger charge is 2.30. The van der Waals surface area contributed by atoms with E-state index in [1.807, 2.05) is 28.3 Å². The van der Waals surface area contributed by atoms with E-state index in [9.17, 15) is 13.2 Å². The average molecular weight is 617 g/mol. The van der Waals surface area contributed by atoms with Crippen LogP contribution in [0.1, 0.15) is 20.8 Å². The molecule has 0 bridgehead atoms. The van der Waals surface area contributed by atoms with E-state index in [0.29, 0.717) is 11.5 Å². The van der Waals surface area contributed by atoms with Crippen molar-refractivity contribution in [2.75, 3.05) is 10.8 Å². The molecule has 206 valence electrons. The summed E-state index contributed by atoms with van der Waals surface area (Å²) in [4.78, 5) is 25.7. The highest BCUT2D eigenvalue weighted by atomic mass is 35.5. The van der Waals surface area contributed by atoms with Crippen LogP contribution in [0.25, 0.3) is 27.4 Å². The summed E-state index contributed by atoms with van der Waals surface area (Å²) in [6.45, 7) is 4.58. The third-order valence-electron chi connectivity index (χ3n) is 5.63. The molecule has 0 fully saturated rings. The van der Waals surface area contributed by atoms with Crippen molar-refractivity contribution in [2.45, 2.75) is 31.3 Å². The summed E-state index contributed by atoms with van der Waals surface area (Å²) in [5.41, 5.74) is 0.918. The number of aromatic nitrogens is 4. The van der Waals surface area contributed by atoms with Crippen LogP contribution in [0, 0.1) is 0 Å². The number of hydrogen-bond acceptors (Lipinski definition) is 8. The van der Waals surface area contributed by atoms with Crippen molar-refractivity contribution in [3.63, 3.8) is 0 Å². The molecule has 0 aliphatic carbocycles. The van der Waals surface area contributed by atoms with Gasteiger partial charge in [-0.2, -0.15) is 0 Å². The first-order valence-electron chi connectivity index (χ1n) is 11.9. The van der Waals surface area contributed by atoms with Crippen molar-refractivity contribution in [3.05, 3.63) is 82.7 Å². The predicted molar refractivity (Wildman–Crippen MR) is 157 cm³/mol. The molecule has 2 aromatic carbocycles. The van der Waals surface area contributed by atoms with Crippen LogP contribution in [-0.4, -0.2) is 46.1 Å². The van der Waals surface area contributed by atoms with E-state index in [-0.39, 0.29) is 20.6 Å². The summed E-state index contributed by atoms with van der Waals surface area (Å²) in [6, 6.07) is 12.7. The Morgan fingerprint density at radius 2 is 1.77 bits per heavy atom. The topological polar surface area (TPSA) is 107 Å². The normalized spacial score (nSPS) is 12.0. The molecule has 0 unspecified atom stereocenters. The molecule has 5 rings (SSSR count). The summed E-state index contributed by atoms with van der Waals surface area (Å²) < 4.78 is 35.9. The monoisotopic (exact) mass is 615 g/mol. The van der Waals surface area contributed by atoms with Gasteiger partial charge in [-0.05, 0) is 63.2 Å². The van der Waals surface area contributed by atoms with Crippen LogP contribution in [-0.2, 0) is 19.6 Å². The van der Waals surface area contributed by atoms with Crippen molar-refractivity contribution < 1.29 is 17.9 Å². The fourth-order valence-corrected chi connectivity index (χ4v) is 6.77. The van der Waals surface area contributed by atoms with Crippen molar-refractivity contribution in [3.8, 4) is 16.5 Å². The molecular weight excluding hydrogens is 593 g/mol. The molecule has 13 heteroatoms. The Kier molecular flexibility index (Phi) is 7.58. The zero-order valence-corrected chi connectivity index (χ0v) is 24.7. The number of halogens is 2. The fraction of sp³-hybridized carbons (Fsp3) is 0.185. The van der Waals surface area contributed by atoms with E-state index in [1.54, 1.807) is 45.2 Å². The SMILES string of the molecule is CC(C)(C)OC(=O)CN(c1ccc2c(ccn2-c2cc(-c3nccs3)ncn2)c1)S(=O)(=O)c1cc(Cl)cc(Cl)c1. The number of carbonyl (C=O) groups is 1. The minimum Gasteiger partial charge on any atom is -0.459 e. The summed E-state index contributed by atoms with van der Waals surface area (Å²) in [5, 5.41) is 3.67. The molecule has 0 spiro atoms. The molecule has 0 atom stereocenters. The van der Waals surface area contributed by atoms with E-state index in [2.05, 4.69) is 15.0 Å². The van der Waals surface area contributed by atoms with E-state index in [4.69, 9.17) is 27.9 Å². The van der Waals surface area contributed by atoms with Crippen molar-refractivity contribution in [1.82, 2.24) is 19.5 Å². The van der Waals surface area contributed by atoms with Gasteiger partial charge in [0, 0.05) is 39.3 Å². The maximum absolute atomic E-state index is 13.8. The number of sulfonamides is 1. The highest BCUT2D eigenvalue weighted by Crippen LogP contribution is 2.32. The molecule has 0 radical (unpaired) electrons. The van der Waals surface area contributed by atoms with Crippen LogP contribution in [0.15, 0.2) is 77.5 Å². The zero-order valence-electron chi connectivity index (χ0n) is 21.6. The minimum atomic E-state index is -4.26. The first-order valence-corrected chi connectivity index (χ1v) is 15.0. The average Bonchev–Trinajstić information content (AvgIpc) is 3.56. The first kappa shape index (κ1) is 28.0. The molecule has 5 aromatic rings. The number of thiazole rings is 1. The van der Waals surface area contributed by atoms with Gasteiger partial charge in [0.25, 0.3) is 10.0 Å². The number of benzene rings is 2. The quantitative estimate of drug-likeness (QED) is 0.195. The Bertz CT molecular complexity index is 1800. The van der Waals surface area contributed by atoms with Crippen molar-refractivity contribution in [1.29, 1.82) is 0 Å². The lowest BCUT2D eigenvalue weighted by molar-refractivity contribution is -0.152. The Morgan fingerprint density at radius 1 is 1.02 bits per heavy atom. The lowest BCUT2D eigenvalue weighted by Gasteiger charge is -2.26. The lowest BCUT2D eigenvalue weighted by Crippen LogP contribution is -2.39. The highest BCUT2D eigenvalue weighted by molar-refractivity contribution is 7.92. The molecule has 0 aliphatic rings. The van der Waals surface area contributed by atoms with E-state index < -0.39 is 28.1 Å². The van der Waals surface area contributed by atoms with Gasteiger partial charge in [0.05, 0.1) is 16.1 Å². The number of hydrogen-bond donors (Lipinski definition) is 0. The van der Waals surface area contributed by atoms with E-state index in [0.717, 1.165) is 20.2 Å². The second-order valence-electron chi connectivity index (χ2n) is 9.73. The van der Waals surface area contributed by atoms with Gasteiger partial charge < -0.3 is 9.30 Å². The standard InChI is InChI=1S/C27H23Cl2N5O4S2/c1-27(2,3)38-25(35)15-34(40(36,37)21-12-18(28)11-19(29)13-21)20-4-5-23-17(10-20)6-8-33(23)24-14-22(31-16-32-24)26-30-7-9-39-26/h4-14,16H,15H2,1-3H3. The number of rotatable bonds is 7. The number of nitrogens with zero attached hydrogens (tertiary/aromatic N) is 5. The molecule has 0 saturated heterocycles. The maximum atomic E-state index is 13.8. The van der Waals surface area contributed by atoms with Crippen LogP contribution in [0.2, 0.25) is 10.0 Å². The Labute approximate surface area is 245 Å². The predicted octanol–water partition coefficient (Wildman–Crippen LogP) is 6.39. The summed E-state index contributed by atoms with van der Waals surface area (Å²) in [5.74, 6) is -0.0904. The Balaban J connectivity index is 1.57. The van der Waals surface area contributed by atoms with Gasteiger partial charge >= 0.3 is 5.97 Å². The molecule has 0 amide bonds. The van der Waals surface area contributed by atoms with Gasteiger partial charge in [-0.1, -0.05) is 23.2 Å². The molecule has 3 heterocycles. The van der Waals surface area contributed by atoms with Gasteiger partial charge in [0.15, 0.2) is 0 Å². The molecule has 0 saturated carbocycles. The van der Waals surface area contributed by atoms with E-state index in [1.165, 1.54) is 35.9 Å². The fourth-order valence-electron chi connectivity index (χ4n) is 4.04. The number of esters is 1. The summed E-state index contributed by atoms with van der Waals surface area (Å²) >= 11 is 13.7. The molecule has 3 aromatic heterocycles. The molecule has 9 nitrogen and oxygen atoms in total. The maximum Gasteiger partial charge on any atom is 0.327 e. The van der Waals surface area contributed by atoms with Crippen LogP contribution in [0.4, 0.5) is 5.69 Å². The van der Waals surface area contributed by atoms with Crippen LogP contribution in [0.5, 0.6) is 0 Å².